The number of amides is 2. The van der Waals surface area contributed by atoms with Crippen molar-refractivity contribution in [3.8, 4) is 0 Å². The summed E-state index contributed by atoms with van der Waals surface area (Å²) in [5.74, 6) is -1.90. The first kappa shape index (κ1) is 26.5. The van der Waals surface area contributed by atoms with Gasteiger partial charge in [-0.05, 0) is 47.5 Å². The van der Waals surface area contributed by atoms with Crippen molar-refractivity contribution in [2.75, 3.05) is 23.4 Å². The third kappa shape index (κ3) is 6.61. The Morgan fingerprint density at radius 2 is 1.79 bits per heavy atom. The number of esters is 1. The molecule has 0 spiro atoms. The molecule has 1 aliphatic rings. The van der Waals surface area contributed by atoms with E-state index >= 15 is 0 Å². The van der Waals surface area contributed by atoms with Crippen LogP contribution in [0.1, 0.15) is 16.7 Å². The number of aliphatic hydroxyl groups excluding tert-OH is 1. The van der Waals surface area contributed by atoms with E-state index in [0.717, 1.165) is 5.56 Å². The van der Waals surface area contributed by atoms with Gasteiger partial charge in [0.25, 0.3) is 11.8 Å². The Bertz CT molecular complexity index is 1310. The first-order valence-electron chi connectivity index (χ1n) is 12.0. The Balaban J connectivity index is 1.37. The van der Waals surface area contributed by atoms with Crippen molar-refractivity contribution in [2.24, 2.45) is 5.73 Å². The van der Waals surface area contributed by atoms with Crippen molar-refractivity contribution in [3.05, 3.63) is 95.6 Å². The van der Waals surface area contributed by atoms with Gasteiger partial charge in [0.2, 0.25) is 0 Å². The van der Waals surface area contributed by atoms with E-state index in [2.05, 4.69) is 5.32 Å². The molecule has 38 heavy (non-hydrogen) atoms. The topological polar surface area (TPSA) is 155 Å². The molecule has 10 nitrogen and oxygen atoms in total. The number of morpholine rings is 1. The maximum atomic E-state index is 13.2. The molecule has 1 aliphatic heterocycles. The average Bonchev–Trinajstić information content (AvgIpc) is 2.92. The number of nitrogens with two attached hydrogens (primary N) is 1. The number of hydrogen-bond acceptors (Lipinski definition) is 7. The molecule has 196 valence electrons. The SMILES string of the molecule is N=C(N)c1ccc(NC(=O)[C@H](O)[C@H]2OCCN(c3cccc(CC(=O)OCc4ccccc4)c3)C2=O)cc1. The minimum atomic E-state index is -1.76. The predicted octanol–water partition coefficient (Wildman–Crippen LogP) is 1.99. The molecule has 3 aromatic carbocycles. The van der Waals surface area contributed by atoms with Gasteiger partial charge in [-0.2, -0.15) is 0 Å². The molecule has 10 heteroatoms. The van der Waals surface area contributed by atoms with Crippen LogP contribution in [0.5, 0.6) is 0 Å². The molecule has 2 atom stereocenters. The van der Waals surface area contributed by atoms with E-state index in [1.807, 2.05) is 30.3 Å². The number of hydrogen-bond donors (Lipinski definition) is 4. The smallest absolute Gasteiger partial charge is 0.310 e. The second kappa shape index (κ2) is 12.1. The molecule has 1 saturated heterocycles. The summed E-state index contributed by atoms with van der Waals surface area (Å²) in [7, 11) is 0. The summed E-state index contributed by atoms with van der Waals surface area (Å²) >= 11 is 0. The fourth-order valence-corrected chi connectivity index (χ4v) is 3.97. The van der Waals surface area contributed by atoms with Crippen molar-refractivity contribution in [2.45, 2.75) is 25.2 Å². The fraction of sp³-hybridized carbons (Fsp3) is 0.214. The lowest BCUT2D eigenvalue weighted by atomic mass is 10.1. The molecular formula is C28H28N4O6. The van der Waals surface area contributed by atoms with Crippen LogP contribution in [0.4, 0.5) is 11.4 Å². The zero-order valence-corrected chi connectivity index (χ0v) is 20.5. The molecular weight excluding hydrogens is 488 g/mol. The zero-order chi connectivity index (χ0) is 27.1. The lowest BCUT2D eigenvalue weighted by molar-refractivity contribution is -0.150. The zero-order valence-electron chi connectivity index (χ0n) is 20.5. The molecule has 0 aliphatic carbocycles. The lowest BCUT2D eigenvalue weighted by Gasteiger charge is -2.34. The first-order valence-corrected chi connectivity index (χ1v) is 12.0. The Kier molecular flexibility index (Phi) is 8.47. The van der Waals surface area contributed by atoms with Gasteiger partial charge in [0, 0.05) is 23.5 Å². The van der Waals surface area contributed by atoms with Gasteiger partial charge in [-0.25, -0.2) is 0 Å². The summed E-state index contributed by atoms with van der Waals surface area (Å²) in [6.45, 7) is 0.499. The number of benzene rings is 3. The second-order valence-electron chi connectivity index (χ2n) is 8.70. The van der Waals surface area contributed by atoms with Crippen LogP contribution >= 0.6 is 0 Å². The van der Waals surface area contributed by atoms with E-state index in [9.17, 15) is 19.5 Å². The number of nitrogens with zero attached hydrogens (tertiary/aromatic N) is 1. The number of nitrogen functional groups attached to an aromatic ring is 1. The highest BCUT2D eigenvalue weighted by atomic mass is 16.5. The molecule has 0 aromatic heterocycles. The Hall–Kier alpha value is -4.54. The van der Waals surface area contributed by atoms with Gasteiger partial charge in [0.05, 0.1) is 13.0 Å². The third-order valence-electron chi connectivity index (χ3n) is 5.95. The summed E-state index contributed by atoms with van der Waals surface area (Å²) in [4.78, 5) is 39.6. The van der Waals surface area contributed by atoms with Crippen molar-refractivity contribution in [1.82, 2.24) is 0 Å². The second-order valence-corrected chi connectivity index (χ2v) is 8.70. The summed E-state index contributed by atoms with van der Waals surface area (Å²) in [5, 5.41) is 20.6. The fourth-order valence-electron chi connectivity index (χ4n) is 3.97. The maximum absolute atomic E-state index is 13.2. The molecule has 0 radical (unpaired) electrons. The minimum Gasteiger partial charge on any atom is -0.461 e. The van der Waals surface area contributed by atoms with Gasteiger partial charge in [0.1, 0.15) is 12.4 Å². The normalized spacial score (nSPS) is 16.0. The van der Waals surface area contributed by atoms with Gasteiger partial charge >= 0.3 is 5.97 Å². The quantitative estimate of drug-likeness (QED) is 0.193. The molecule has 0 unspecified atom stereocenters. The summed E-state index contributed by atoms with van der Waals surface area (Å²) in [6.07, 6.45) is -3.13. The van der Waals surface area contributed by atoms with Crippen LogP contribution in [0.3, 0.4) is 0 Å². The van der Waals surface area contributed by atoms with Gasteiger partial charge in [-0.15, -0.1) is 0 Å². The van der Waals surface area contributed by atoms with Crippen molar-refractivity contribution < 1.29 is 29.0 Å². The number of nitrogens with one attached hydrogen (secondary N) is 2. The molecule has 4 rings (SSSR count). The minimum absolute atomic E-state index is 0.0239. The first-order chi connectivity index (χ1) is 18.3. The van der Waals surface area contributed by atoms with E-state index in [-0.39, 0.29) is 32.0 Å². The van der Waals surface area contributed by atoms with Crippen LogP contribution < -0.4 is 16.0 Å². The largest absolute Gasteiger partial charge is 0.461 e. The van der Waals surface area contributed by atoms with E-state index < -0.39 is 30.0 Å². The van der Waals surface area contributed by atoms with Crippen LogP contribution in [0.25, 0.3) is 0 Å². The molecule has 0 saturated carbocycles. The van der Waals surface area contributed by atoms with E-state index in [4.69, 9.17) is 20.6 Å². The Labute approximate surface area is 219 Å². The molecule has 0 bridgehead atoms. The van der Waals surface area contributed by atoms with Crippen molar-refractivity contribution >= 4 is 35.0 Å². The molecule has 1 heterocycles. The summed E-state index contributed by atoms with van der Waals surface area (Å²) < 4.78 is 10.8. The number of anilines is 2. The van der Waals surface area contributed by atoms with E-state index in [1.54, 1.807) is 36.4 Å². The standard InChI is InChI=1S/C28H28N4O6/c29-26(30)20-9-11-21(12-10-20)31-27(35)24(34)25-28(36)32(13-14-37-25)22-8-4-7-19(15-22)16-23(33)38-17-18-5-2-1-3-6-18/h1-12,15,24-25,34H,13-14,16-17H2,(H3,29,30)(H,31,35)/t24-,25-/m1/s1. The predicted molar refractivity (Wildman–Crippen MR) is 141 cm³/mol. The van der Waals surface area contributed by atoms with Gasteiger partial charge in [-0.3, -0.25) is 19.8 Å². The highest BCUT2D eigenvalue weighted by Gasteiger charge is 2.39. The van der Waals surface area contributed by atoms with Crippen LogP contribution in [0.15, 0.2) is 78.9 Å². The van der Waals surface area contributed by atoms with Crippen molar-refractivity contribution in [1.29, 1.82) is 5.41 Å². The monoisotopic (exact) mass is 516 g/mol. The highest BCUT2D eigenvalue weighted by molar-refractivity contribution is 6.04. The van der Waals surface area contributed by atoms with E-state index in [1.165, 1.54) is 17.0 Å². The average molecular weight is 517 g/mol. The van der Waals surface area contributed by atoms with Crippen LogP contribution in [-0.2, 0) is 36.9 Å². The number of rotatable bonds is 9. The van der Waals surface area contributed by atoms with Crippen molar-refractivity contribution in [3.63, 3.8) is 0 Å². The Morgan fingerprint density at radius 3 is 2.50 bits per heavy atom. The number of carbonyl (C=O) groups excluding carboxylic acids is 3. The molecule has 1 fully saturated rings. The number of ether oxygens (including phenoxy) is 2. The van der Waals surface area contributed by atoms with Crippen LogP contribution in [-0.4, -0.2) is 54.1 Å². The van der Waals surface area contributed by atoms with Gasteiger partial charge in [-0.1, -0.05) is 42.5 Å². The summed E-state index contributed by atoms with van der Waals surface area (Å²) in [6, 6.07) is 22.4. The number of amidine groups is 1. The highest BCUT2D eigenvalue weighted by Crippen LogP contribution is 2.23. The Morgan fingerprint density at radius 1 is 1.08 bits per heavy atom. The lowest BCUT2D eigenvalue weighted by Crippen LogP contribution is -2.55. The van der Waals surface area contributed by atoms with Gasteiger partial charge < -0.3 is 30.5 Å². The van der Waals surface area contributed by atoms with Gasteiger partial charge in [0.15, 0.2) is 12.2 Å². The summed E-state index contributed by atoms with van der Waals surface area (Å²) in [5.41, 5.74) is 8.34. The molecule has 5 N–H and O–H groups in total. The number of aliphatic hydroxyl groups is 1. The third-order valence-corrected chi connectivity index (χ3v) is 5.95. The maximum Gasteiger partial charge on any atom is 0.310 e. The van der Waals surface area contributed by atoms with E-state index in [0.29, 0.717) is 22.5 Å². The molecule has 2 amide bonds. The van der Waals surface area contributed by atoms with Crippen LogP contribution in [0.2, 0.25) is 0 Å². The number of carbonyl (C=O) groups is 3. The molecule has 3 aromatic rings. The van der Waals surface area contributed by atoms with Crippen LogP contribution in [0, 0.1) is 5.41 Å².